The van der Waals surface area contributed by atoms with Gasteiger partial charge in [0, 0.05) is 30.5 Å². The van der Waals surface area contributed by atoms with Crippen LogP contribution in [-0.4, -0.2) is 26.2 Å². The number of rotatable bonds is 5. The molecule has 0 fully saturated rings. The van der Waals surface area contributed by atoms with Crippen LogP contribution >= 0.6 is 0 Å². The van der Waals surface area contributed by atoms with Crippen molar-refractivity contribution in [3.63, 3.8) is 0 Å². The van der Waals surface area contributed by atoms with Crippen molar-refractivity contribution in [2.75, 3.05) is 30.4 Å². The number of guanidine groups is 1. The summed E-state index contributed by atoms with van der Waals surface area (Å²) >= 11 is 0. The van der Waals surface area contributed by atoms with E-state index in [1.54, 1.807) is 7.11 Å². The van der Waals surface area contributed by atoms with Crippen LogP contribution in [0, 0.1) is 0 Å². The number of hydrogen-bond donors (Lipinski definition) is 2. The minimum absolute atomic E-state index is 0.385. The Labute approximate surface area is 142 Å². The SMILES string of the molecule is COc1cccc(NC(N)=NCc2ccc(N3CC=CC3)cc2)c1. The summed E-state index contributed by atoms with van der Waals surface area (Å²) in [6.07, 6.45) is 4.37. The summed E-state index contributed by atoms with van der Waals surface area (Å²) in [5.74, 6) is 1.16. The number of ether oxygens (including phenoxy) is 1. The van der Waals surface area contributed by atoms with Crippen LogP contribution in [0.1, 0.15) is 5.56 Å². The van der Waals surface area contributed by atoms with E-state index < -0.39 is 0 Å². The first-order valence-corrected chi connectivity index (χ1v) is 7.94. The fraction of sp³-hybridized carbons (Fsp3) is 0.211. The molecule has 1 heterocycles. The lowest BCUT2D eigenvalue weighted by Crippen LogP contribution is -2.22. The summed E-state index contributed by atoms with van der Waals surface area (Å²) < 4.78 is 5.19. The second kappa shape index (κ2) is 7.55. The van der Waals surface area contributed by atoms with Gasteiger partial charge in [0.05, 0.1) is 13.7 Å². The zero-order valence-corrected chi connectivity index (χ0v) is 13.8. The molecule has 0 unspecified atom stereocenters. The van der Waals surface area contributed by atoms with Gasteiger partial charge >= 0.3 is 0 Å². The van der Waals surface area contributed by atoms with Crippen LogP contribution in [0.25, 0.3) is 0 Å². The number of nitrogens with zero attached hydrogens (tertiary/aromatic N) is 2. The third-order valence-corrected chi connectivity index (χ3v) is 3.89. The molecule has 3 N–H and O–H groups in total. The van der Waals surface area contributed by atoms with Crippen LogP contribution in [0.15, 0.2) is 65.7 Å². The predicted octanol–water partition coefficient (Wildman–Crippen LogP) is 3.00. The molecule has 1 aliphatic rings. The van der Waals surface area contributed by atoms with Crippen LogP contribution in [0.3, 0.4) is 0 Å². The van der Waals surface area contributed by atoms with Gasteiger partial charge in [0.25, 0.3) is 0 Å². The highest BCUT2D eigenvalue weighted by atomic mass is 16.5. The molecule has 3 rings (SSSR count). The average molecular weight is 322 g/mol. The number of methoxy groups -OCH3 is 1. The number of hydrogen-bond acceptors (Lipinski definition) is 3. The first-order valence-electron chi connectivity index (χ1n) is 7.94. The first kappa shape index (κ1) is 15.9. The molecule has 2 aromatic carbocycles. The van der Waals surface area contributed by atoms with E-state index in [2.05, 4.69) is 51.6 Å². The fourth-order valence-electron chi connectivity index (χ4n) is 2.57. The normalized spacial score (nSPS) is 14.0. The minimum Gasteiger partial charge on any atom is -0.497 e. The number of nitrogens with two attached hydrogens (primary N) is 1. The van der Waals surface area contributed by atoms with Gasteiger partial charge in [-0.05, 0) is 29.8 Å². The molecule has 0 bridgehead atoms. The van der Waals surface area contributed by atoms with Gasteiger partial charge in [0.15, 0.2) is 5.96 Å². The Morgan fingerprint density at radius 1 is 1.17 bits per heavy atom. The van der Waals surface area contributed by atoms with Crippen LogP contribution in [0.5, 0.6) is 5.75 Å². The molecule has 24 heavy (non-hydrogen) atoms. The zero-order valence-electron chi connectivity index (χ0n) is 13.8. The summed E-state index contributed by atoms with van der Waals surface area (Å²) in [4.78, 5) is 6.70. The second-order valence-corrected chi connectivity index (χ2v) is 5.60. The lowest BCUT2D eigenvalue weighted by atomic mass is 10.2. The third kappa shape index (κ3) is 4.07. The molecule has 0 aliphatic carbocycles. The Morgan fingerprint density at radius 3 is 2.62 bits per heavy atom. The van der Waals surface area contributed by atoms with Gasteiger partial charge in [0.1, 0.15) is 5.75 Å². The lowest BCUT2D eigenvalue weighted by molar-refractivity contribution is 0.415. The second-order valence-electron chi connectivity index (χ2n) is 5.60. The molecule has 0 atom stereocenters. The van der Waals surface area contributed by atoms with Crippen molar-refractivity contribution in [1.82, 2.24) is 0 Å². The fourth-order valence-corrected chi connectivity index (χ4v) is 2.57. The highest BCUT2D eigenvalue weighted by Gasteiger charge is 2.06. The van der Waals surface area contributed by atoms with E-state index in [1.165, 1.54) is 5.69 Å². The van der Waals surface area contributed by atoms with E-state index in [-0.39, 0.29) is 0 Å². The standard InChI is InChI=1S/C19H22N4O/c1-24-18-6-4-5-16(13-18)22-19(20)21-14-15-7-9-17(10-8-15)23-11-2-3-12-23/h2-10,13H,11-12,14H2,1H3,(H3,20,21,22). The Balaban J connectivity index is 1.57. The van der Waals surface area contributed by atoms with Crippen LogP contribution in [0.2, 0.25) is 0 Å². The number of nitrogens with one attached hydrogen (secondary N) is 1. The molecule has 0 aromatic heterocycles. The Hall–Kier alpha value is -2.95. The summed E-state index contributed by atoms with van der Waals surface area (Å²) in [6.45, 7) is 2.51. The molecule has 5 nitrogen and oxygen atoms in total. The first-order chi connectivity index (χ1) is 11.7. The van der Waals surface area contributed by atoms with Gasteiger partial charge in [-0.2, -0.15) is 0 Å². The van der Waals surface area contributed by atoms with E-state index in [0.29, 0.717) is 12.5 Å². The molecule has 0 saturated heterocycles. The molecule has 0 spiro atoms. The van der Waals surface area contributed by atoms with E-state index in [9.17, 15) is 0 Å². The average Bonchev–Trinajstić information content (AvgIpc) is 3.15. The van der Waals surface area contributed by atoms with Crippen molar-refractivity contribution in [2.45, 2.75) is 6.54 Å². The predicted molar refractivity (Wildman–Crippen MR) is 99.7 cm³/mol. The summed E-state index contributed by atoms with van der Waals surface area (Å²) in [7, 11) is 1.64. The van der Waals surface area contributed by atoms with Crippen molar-refractivity contribution < 1.29 is 4.74 Å². The number of anilines is 2. The van der Waals surface area contributed by atoms with E-state index in [1.807, 2.05) is 24.3 Å². The van der Waals surface area contributed by atoms with Crippen LogP contribution in [0.4, 0.5) is 11.4 Å². The van der Waals surface area contributed by atoms with Gasteiger partial charge in [-0.3, -0.25) is 0 Å². The van der Waals surface area contributed by atoms with Gasteiger partial charge in [0.2, 0.25) is 0 Å². The largest absolute Gasteiger partial charge is 0.497 e. The monoisotopic (exact) mass is 322 g/mol. The minimum atomic E-state index is 0.385. The van der Waals surface area contributed by atoms with E-state index in [4.69, 9.17) is 10.5 Å². The topological polar surface area (TPSA) is 62.9 Å². The van der Waals surface area contributed by atoms with Gasteiger partial charge in [-0.1, -0.05) is 30.4 Å². The van der Waals surface area contributed by atoms with E-state index >= 15 is 0 Å². The van der Waals surface area contributed by atoms with Crippen molar-refractivity contribution in [1.29, 1.82) is 0 Å². The highest BCUT2D eigenvalue weighted by Crippen LogP contribution is 2.18. The molecule has 5 heteroatoms. The zero-order chi connectivity index (χ0) is 16.8. The Morgan fingerprint density at radius 2 is 1.92 bits per heavy atom. The molecular formula is C19H22N4O. The van der Waals surface area contributed by atoms with Gasteiger partial charge in [-0.25, -0.2) is 4.99 Å². The van der Waals surface area contributed by atoms with Gasteiger partial charge < -0.3 is 20.7 Å². The van der Waals surface area contributed by atoms with Crippen molar-refractivity contribution >= 4 is 17.3 Å². The van der Waals surface area contributed by atoms with Crippen molar-refractivity contribution in [3.05, 3.63) is 66.2 Å². The van der Waals surface area contributed by atoms with Gasteiger partial charge in [-0.15, -0.1) is 0 Å². The van der Waals surface area contributed by atoms with Crippen LogP contribution < -0.4 is 20.7 Å². The number of aliphatic imine (C=N–C) groups is 1. The lowest BCUT2D eigenvalue weighted by Gasteiger charge is -2.17. The maximum Gasteiger partial charge on any atom is 0.193 e. The molecule has 2 aromatic rings. The highest BCUT2D eigenvalue weighted by molar-refractivity contribution is 5.92. The molecule has 0 amide bonds. The van der Waals surface area contributed by atoms with Crippen LogP contribution in [-0.2, 0) is 6.54 Å². The van der Waals surface area contributed by atoms with E-state index in [0.717, 1.165) is 30.1 Å². The molecule has 124 valence electrons. The summed E-state index contributed by atoms with van der Waals surface area (Å²) in [5.41, 5.74) is 9.17. The summed E-state index contributed by atoms with van der Waals surface area (Å²) in [5, 5.41) is 3.07. The number of benzene rings is 2. The Bertz CT molecular complexity index is 729. The third-order valence-electron chi connectivity index (χ3n) is 3.89. The van der Waals surface area contributed by atoms with Crippen molar-refractivity contribution in [3.8, 4) is 5.75 Å². The quantitative estimate of drug-likeness (QED) is 0.505. The summed E-state index contributed by atoms with van der Waals surface area (Å²) in [6, 6.07) is 16.0. The molecule has 0 saturated carbocycles. The maximum absolute atomic E-state index is 5.96. The van der Waals surface area contributed by atoms with Crippen molar-refractivity contribution in [2.24, 2.45) is 10.7 Å². The maximum atomic E-state index is 5.96. The Kier molecular flexibility index (Phi) is 5.01. The smallest absolute Gasteiger partial charge is 0.193 e. The molecule has 1 aliphatic heterocycles. The molecular weight excluding hydrogens is 300 g/mol. The molecule has 0 radical (unpaired) electrons.